The molecule has 0 atom stereocenters. The van der Waals surface area contributed by atoms with Crippen LogP contribution in [0.5, 0.6) is 0 Å². The lowest BCUT2D eigenvalue weighted by Gasteiger charge is -2.34. The highest BCUT2D eigenvalue weighted by molar-refractivity contribution is 5.78. The van der Waals surface area contributed by atoms with Crippen molar-refractivity contribution in [2.24, 2.45) is 0 Å². The fourth-order valence-corrected chi connectivity index (χ4v) is 1.30. The van der Waals surface area contributed by atoms with Crippen LogP contribution in [0.25, 0.3) is 0 Å². The van der Waals surface area contributed by atoms with Gasteiger partial charge in [-0.2, -0.15) is 0 Å². The molecule has 4 heteroatoms. The predicted molar refractivity (Wildman–Crippen MR) is 49.2 cm³/mol. The monoisotopic (exact) mass is 188 g/mol. The van der Waals surface area contributed by atoms with E-state index in [1.54, 1.807) is 4.90 Å². The van der Waals surface area contributed by atoms with E-state index in [4.69, 9.17) is 0 Å². The highest BCUT2D eigenvalue weighted by Crippen LogP contribution is 2.10. The van der Waals surface area contributed by atoms with E-state index >= 15 is 0 Å². The van der Waals surface area contributed by atoms with E-state index in [-0.39, 0.29) is 11.4 Å². The first-order chi connectivity index (χ1) is 5.87. The quantitative estimate of drug-likeness (QED) is 0.686. The Hall–Kier alpha value is -0.640. The molecule has 1 aliphatic rings. The second kappa shape index (κ2) is 3.62. The summed E-state index contributed by atoms with van der Waals surface area (Å²) in [7, 11) is 0. The first kappa shape index (κ1) is 10.4. The number of amides is 1. The second-order valence-corrected chi connectivity index (χ2v) is 4.59. The van der Waals surface area contributed by atoms with E-state index in [0.29, 0.717) is 19.6 Å². The van der Waals surface area contributed by atoms with Crippen molar-refractivity contribution in [2.45, 2.75) is 32.5 Å². The minimum Gasteiger partial charge on any atom is -0.350 e. The Morgan fingerprint density at radius 1 is 1.54 bits per heavy atom. The molecule has 1 aliphatic heterocycles. The normalized spacial score (nSPS) is 19.7. The molecule has 0 aliphatic carbocycles. The molecular formula is C9H17FN2O. The molecule has 0 aromatic heterocycles. The summed E-state index contributed by atoms with van der Waals surface area (Å²) in [5.74, 6) is -0.0283. The predicted octanol–water partition coefficient (Wildman–Crippen LogP) is 0.555. The number of hydrogen-bond acceptors (Lipinski definition) is 2. The van der Waals surface area contributed by atoms with Crippen LogP contribution >= 0.6 is 0 Å². The third kappa shape index (κ3) is 3.72. The van der Waals surface area contributed by atoms with E-state index in [9.17, 15) is 9.18 Å². The number of alkyl halides is 1. The molecule has 0 radical (unpaired) electrons. The Labute approximate surface area is 78.3 Å². The summed E-state index contributed by atoms with van der Waals surface area (Å²) in [4.78, 5) is 13.1. The van der Waals surface area contributed by atoms with Crippen LogP contribution in [0.3, 0.4) is 0 Å². The summed E-state index contributed by atoms with van der Waals surface area (Å²) in [5.41, 5.74) is -0.197. The van der Waals surface area contributed by atoms with Crippen molar-refractivity contribution in [3.05, 3.63) is 0 Å². The smallest absolute Gasteiger partial charge is 0.234 e. The van der Waals surface area contributed by atoms with Gasteiger partial charge in [-0.05, 0) is 20.8 Å². The van der Waals surface area contributed by atoms with Crippen LogP contribution in [-0.4, -0.2) is 42.2 Å². The summed E-state index contributed by atoms with van der Waals surface area (Å²) in [6.45, 7) is 6.91. The average molecular weight is 188 g/mol. The zero-order valence-corrected chi connectivity index (χ0v) is 8.43. The minimum absolute atomic E-state index is 0.0283. The lowest BCUT2D eigenvalue weighted by atomic mass is 10.1. The van der Waals surface area contributed by atoms with Gasteiger partial charge < -0.3 is 5.32 Å². The maximum atomic E-state index is 12.4. The molecule has 0 bridgehead atoms. The highest BCUT2D eigenvalue weighted by Gasteiger charge is 2.28. The number of nitrogens with one attached hydrogen (secondary N) is 1. The highest BCUT2D eigenvalue weighted by atomic mass is 19.1. The molecule has 13 heavy (non-hydrogen) atoms. The van der Waals surface area contributed by atoms with Crippen LogP contribution in [0.15, 0.2) is 0 Å². The molecular weight excluding hydrogens is 171 g/mol. The van der Waals surface area contributed by atoms with Gasteiger partial charge in [0.2, 0.25) is 5.91 Å². The molecule has 0 saturated carbocycles. The Morgan fingerprint density at radius 3 is 2.46 bits per heavy atom. The van der Waals surface area contributed by atoms with E-state index < -0.39 is 6.17 Å². The van der Waals surface area contributed by atoms with Gasteiger partial charge in [0.05, 0.1) is 6.54 Å². The molecule has 0 unspecified atom stereocenters. The van der Waals surface area contributed by atoms with E-state index in [0.717, 1.165) is 0 Å². The maximum Gasteiger partial charge on any atom is 0.234 e. The van der Waals surface area contributed by atoms with Crippen LogP contribution in [-0.2, 0) is 4.79 Å². The molecule has 1 heterocycles. The summed E-state index contributed by atoms with van der Waals surface area (Å²) in [5, 5.41) is 2.83. The number of nitrogens with zero attached hydrogens (tertiary/aromatic N) is 1. The first-order valence-electron chi connectivity index (χ1n) is 4.54. The molecule has 76 valence electrons. The average Bonchev–Trinajstić information content (AvgIpc) is 1.79. The lowest BCUT2D eigenvalue weighted by Crippen LogP contribution is -2.54. The molecule has 0 aromatic carbocycles. The zero-order valence-electron chi connectivity index (χ0n) is 8.43. The number of carbonyl (C=O) groups is 1. The Morgan fingerprint density at radius 2 is 2.08 bits per heavy atom. The Bertz CT molecular complexity index is 194. The van der Waals surface area contributed by atoms with Crippen LogP contribution in [0.2, 0.25) is 0 Å². The van der Waals surface area contributed by atoms with Crippen molar-refractivity contribution in [1.29, 1.82) is 0 Å². The van der Waals surface area contributed by atoms with Gasteiger partial charge in [0, 0.05) is 18.6 Å². The van der Waals surface area contributed by atoms with E-state index in [1.807, 2.05) is 20.8 Å². The van der Waals surface area contributed by atoms with E-state index in [1.165, 1.54) is 0 Å². The van der Waals surface area contributed by atoms with Crippen LogP contribution in [0, 0.1) is 0 Å². The fraction of sp³-hybridized carbons (Fsp3) is 0.889. The molecule has 1 amide bonds. The van der Waals surface area contributed by atoms with Gasteiger partial charge in [0.25, 0.3) is 0 Å². The van der Waals surface area contributed by atoms with Crippen LogP contribution in [0.4, 0.5) is 4.39 Å². The largest absolute Gasteiger partial charge is 0.350 e. The molecule has 0 spiro atoms. The fourth-order valence-electron chi connectivity index (χ4n) is 1.30. The Kier molecular flexibility index (Phi) is 2.91. The van der Waals surface area contributed by atoms with Crippen molar-refractivity contribution in [1.82, 2.24) is 10.2 Å². The van der Waals surface area contributed by atoms with Crippen molar-refractivity contribution < 1.29 is 9.18 Å². The summed E-state index contributed by atoms with van der Waals surface area (Å²) < 4.78 is 12.4. The standard InChI is InChI=1S/C9H17FN2O/c1-9(2,3)11-8(13)6-12-4-7(10)5-12/h7H,4-6H2,1-3H3,(H,11,13). The maximum absolute atomic E-state index is 12.4. The van der Waals surface area contributed by atoms with Gasteiger partial charge in [-0.3, -0.25) is 9.69 Å². The van der Waals surface area contributed by atoms with Crippen molar-refractivity contribution >= 4 is 5.91 Å². The van der Waals surface area contributed by atoms with Crippen molar-refractivity contribution in [3.63, 3.8) is 0 Å². The SMILES string of the molecule is CC(C)(C)NC(=O)CN1CC(F)C1. The lowest BCUT2D eigenvalue weighted by molar-refractivity contribution is -0.125. The zero-order chi connectivity index (χ0) is 10.1. The third-order valence-corrected chi connectivity index (χ3v) is 1.79. The number of likely N-dealkylation sites (tertiary alicyclic amines) is 1. The Balaban J connectivity index is 2.19. The van der Waals surface area contributed by atoms with E-state index in [2.05, 4.69) is 5.32 Å². The summed E-state index contributed by atoms with van der Waals surface area (Å²) in [6, 6.07) is 0. The molecule has 0 aromatic rings. The second-order valence-electron chi connectivity index (χ2n) is 4.59. The molecule has 1 rings (SSSR count). The van der Waals surface area contributed by atoms with Crippen molar-refractivity contribution in [3.8, 4) is 0 Å². The third-order valence-electron chi connectivity index (χ3n) is 1.79. The van der Waals surface area contributed by atoms with Crippen molar-refractivity contribution in [2.75, 3.05) is 19.6 Å². The first-order valence-corrected chi connectivity index (χ1v) is 4.54. The van der Waals surface area contributed by atoms with Gasteiger partial charge in [-0.15, -0.1) is 0 Å². The molecule has 1 fully saturated rings. The minimum atomic E-state index is -0.734. The van der Waals surface area contributed by atoms with Gasteiger partial charge in [-0.25, -0.2) is 4.39 Å². The number of halogens is 1. The number of rotatable bonds is 2. The van der Waals surface area contributed by atoms with Crippen LogP contribution < -0.4 is 5.32 Å². The van der Waals surface area contributed by atoms with Crippen LogP contribution in [0.1, 0.15) is 20.8 Å². The topological polar surface area (TPSA) is 32.3 Å². The summed E-state index contributed by atoms with van der Waals surface area (Å²) in [6.07, 6.45) is -0.734. The number of carbonyl (C=O) groups excluding carboxylic acids is 1. The van der Waals surface area contributed by atoms with Gasteiger partial charge in [0.15, 0.2) is 0 Å². The summed E-state index contributed by atoms with van der Waals surface area (Å²) >= 11 is 0. The molecule has 1 saturated heterocycles. The molecule has 1 N–H and O–H groups in total. The number of hydrogen-bond donors (Lipinski definition) is 1. The molecule has 3 nitrogen and oxygen atoms in total. The van der Waals surface area contributed by atoms with Gasteiger partial charge in [-0.1, -0.05) is 0 Å². The van der Waals surface area contributed by atoms with Gasteiger partial charge >= 0.3 is 0 Å². The van der Waals surface area contributed by atoms with Gasteiger partial charge in [0.1, 0.15) is 6.17 Å².